The lowest BCUT2D eigenvalue weighted by atomic mass is 10.1. The largest absolute Gasteiger partial charge is 0.481 e. The fourth-order valence-corrected chi connectivity index (χ4v) is 2.49. The number of carbonyl (C=O) groups is 2. The summed E-state index contributed by atoms with van der Waals surface area (Å²) in [6, 6.07) is 5.70. The monoisotopic (exact) mass is 262 g/mol. The number of rotatable bonds is 4. The van der Waals surface area contributed by atoms with Crippen molar-refractivity contribution in [1.29, 1.82) is 0 Å². The van der Waals surface area contributed by atoms with Gasteiger partial charge in [-0.05, 0) is 43.5 Å². The van der Waals surface area contributed by atoms with Gasteiger partial charge in [-0.15, -0.1) is 0 Å². The lowest BCUT2D eigenvalue weighted by Crippen LogP contribution is -2.34. The number of nitrogens with one attached hydrogen (secondary N) is 1. The molecule has 0 aromatic heterocycles. The van der Waals surface area contributed by atoms with E-state index in [-0.39, 0.29) is 18.5 Å². The average Bonchev–Trinajstić information content (AvgIpc) is 2.66. The average molecular weight is 262 g/mol. The summed E-state index contributed by atoms with van der Waals surface area (Å²) >= 11 is 0. The molecule has 2 rings (SSSR count). The van der Waals surface area contributed by atoms with Crippen LogP contribution >= 0.6 is 0 Å². The Labute approximate surface area is 112 Å². The van der Waals surface area contributed by atoms with Crippen LogP contribution < -0.4 is 10.2 Å². The standard InChI is InChI=1S/C14H18N2O3/c1-9-5-10(2)7-12(6-9)16-11(3-4-13(17)18)8-15-14(16)19/h5-7,11H,3-4,8H2,1-2H3,(H,15,19)(H,17,18). The summed E-state index contributed by atoms with van der Waals surface area (Å²) in [4.78, 5) is 24.3. The quantitative estimate of drug-likeness (QED) is 0.872. The fourth-order valence-electron chi connectivity index (χ4n) is 2.49. The van der Waals surface area contributed by atoms with Gasteiger partial charge >= 0.3 is 12.0 Å². The van der Waals surface area contributed by atoms with E-state index in [0.29, 0.717) is 13.0 Å². The van der Waals surface area contributed by atoms with Crippen LogP contribution in [0.25, 0.3) is 0 Å². The number of hydrogen-bond donors (Lipinski definition) is 2. The van der Waals surface area contributed by atoms with Crippen LogP contribution in [0.3, 0.4) is 0 Å². The summed E-state index contributed by atoms with van der Waals surface area (Å²) in [6.07, 6.45) is 0.530. The van der Waals surface area contributed by atoms with Crippen molar-refractivity contribution in [2.24, 2.45) is 0 Å². The van der Waals surface area contributed by atoms with E-state index in [1.165, 1.54) is 0 Å². The van der Waals surface area contributed by atoms with Gasteiger partial charge in [-0.3, -0.25) is 9.69 Å². The van der Waals surface area contributed by atoms with Crippen molar-refractivity contribution in [2.75, 3.05) is 11.4 Å². The van der Waals surface area contributed by atoms with Crippen LogP contribution in [0.4, 0.5) is 10.5 Å². The molecule has 1 unspecified atom stereocenters. The molecule has 102 valence electrons. The summed E-state index contributed by atoms with van der Waals surface area (Å²) < 4.78 is 0. The molecule has 2 amide bonds. The molecule has 1 aromatic carbocycles. The van der Waals surface area contributed by atoms with Crippen LogP contribution in [0.2, 0.25) is 0 Å². The van der Waals surface area contributed by atoms with Gasteiger partial charge in [0.05, 0.1) is 6.04 Å². The summed E-state index contributed by atoms with van der Waals surface area (Å²) in [5.74, 6) is -0.834. The van der Waals surface area contributed by atoms with Crippen molar-refractivity contribution < 1.29 is 14.7 Å². The number of aliphatic carboxylic acids is 1. The van der Waals surface area contributed by atoms with E-state index >= 15 is 0 Å². The second-order valence-corrected chi connectivity index (χ2v) is 4.99. The topological polar surface area (TPSA) is 69.6 Å². The van der Waals surface area contributed by atoms with Gasteiger partial charge in [0.25, 0.3) is 0 Å². The van der Waals surface area contributed by atoms with Gasteiger partial charge < -0.3 is 10.4 Å². The maximum absolute atomic E-state index is 11.9. The third-order valence-corrected chi connectivity index (χ3v) is 3.25. The Balaban J connectivity index is 2.23. The zero-order valence-corrected chi connectivity index (χ0v) is 11.1. The first-order chi connectivity index (χ1) is 8.97. The predicted molar refractivity (Wildman–Crippen MR) is 72.5 cm³/mol. The van der Waals surface area contributed by atoms with Gasteiger partial charge in [-0.1, -0.05) is 6.07 Å². The van der Waals surface area contributed by atoms with Gasteiger partial charge in [0.1, 0.15) is 0 Å². The number of carbonyl (C=O) groups excluding carboxylic acids is 1. The first-order valence-corrected chi connectivity index (χ1v) is 6.34. The van der Waals surface area contributed by atoms with Gasteiger partial charge in [-0.25, -0.2) is 4.79 Å². The number of amides is 2. The first-order valence-electron chi connectivity index (χ1n) is 6.34. The molecule has 5 heteroatoms. The minimum absolute atomic E-state index is 0.0704. The van der Waals surface area contributed by atoms with Crippen molar-refractivity contribution in [2.45, 2.75) is 32.7 Å². The predicted octanol–water partition coefficient (Wildman–Crippen LogP) is 2.07. The van der Waals surface area contributed by atoms with Crippen LogP contribution in [0.5, 0.6) is 0 Å². The van der Waals surface area contributed by atoms with E-state index in [2.05, 4.69) is 5.32 Å². The Morgan fingerprint density at radius 3 is 2.58 bits per heavy atom. The number of hydrogen-bond acceptors (Lipinski definition) is 2. The summed E-state index contributed by atoms with van der Waals surface area (Å²) in [6.45, 7) is 4.46. The third kappa shape index (κ3) is 3.05. The smallest absolute Gasteiger partial charge is 0.322 e. The Morgan fingerprint density at radius 1 is 1.37 bits per heavy atom. The number of nitrogens with zero attached hydrogens (tertiary/aromatic N) is 1. The molecule has 1 heterocycles. The normalized spacial score (nSPS) is 18.5. The number of anilines is 1. The summed E-state index contributed by atoms with van der Waals surface area (Å²) in [5, 5.41) is 11.5. The number of carboxylic acid groups (broad SMARTS) is 1. The minimum atomic E-state index is -0.834. The van der Waals surface area contributed by atoms with Gasteiger partial charge in [0.2, 0.25) is 0 Å². The van der Waals surface area contributed by atoms with Crippen LogP contribution in [-0.4, -0.2) is 29.7 Å². The van der Waals surface area contributed by atoms with Crippen LogP contribution in [-0.2, 0) is 4.79 Å². The molecule has 1 saturated heterocycles. The van der Waals surface area contributed by atoms with Crippen molar-refractivity contribution >= 4 is 17.7 Å². The lowest BCUT2D eigenvalue weighted by molar-refractivity contribution is -0.137. The molecule has 1 aliphatic rings. The molecule has 0 bridgehead atoms. The molecule has 19 heavy (non-hydrogen) atoms. The molecule has 1 fully saturated rings. The Morgan fingerprint density at radius 2 is 2.00 bits per heavy atom. The molecule has 2 N–H and O–H groups in total. The third-order valence-electron chi connectivity index (χ3n) is 3.25. The van der Waals surface area contributed by atoms with E-state index in [0.717, 1.165) is 16.8 Å². The fraction of sp³-hybridized carbons (Fsp3) is 0.429. The minimum Gasteiger partial charge on any atom is -0.481 e. The van der Waals surface area contributed by atoms with E-state index in [1.807, 2.05) is 32.0 Å². The zero-order valence-electron chi connectivity index (χ0n) is 11.1. The molecule has 1 aliphatic heterocycles. The van der Waals surface area contributed by atoms with Gasteiger partial charge in [-0.2, -0.15) is 0 Å². The molecule has 5 nitrogen and oxygen atoms in total. The number of urea groups is 1. The second kappa shape index (κ2) is 5.30. The van der Waals surface area contributed by atoms with E-state index in [9.17, 15) is 9.59 Å². The highest BCUT2D eigenvalue weighted by atomic mass is 16.4. The number of aryl methyl sites for hydroxylation is 2. The molecular formula is C14H18N2O3. The maximum Gasteiger partial charge on any atom is 0.322 e. The SMILES string of the molecule is Cc1cc(C)cc(N2C(=O)NCC2CCC(=O)O)c1. The summed E-state index contributed by atoms with van der Waals surface area (Å²) in [5.41, 5.74) is 3.02. The van der Waals surface area contributed by atoms with Crippen molar-refractivity contribution in [1.82, 2.24) is 5.32 Å². The molecule has 0 aliphatic carbocycles. The number of benzene rings is 1. The Hall–Kier alpha value is -2.04. The van der Waals surface area contributed by atoms with Crippen molar-refractivity contribution in [3.63, 3.8) is 0 Å². The van der Waals surface area contributed by atoms with E-state index < -0.39 is 5.97 Å². The van der Waals surface area contributed by atoms with Crippen LogP contribution in [0.15, 0.2) is 18.2 Å². The molecule has 1 atom stereocenters. The molecule has 0 spiro atoms. The van der Waals surface area contributed by atoms with Gasteiger partial charge in [0, 0.05) is 18.7 Å². The molecule has 1 aromatic rings. The van der Waals surface area contributed by atoms with Crippen LogP contribution in [0, 0.1) is 13.8 Å². The highest BCUT2D eigenvalue weighted by molar-refractivity contribution is 5.95. The number of carboxylic acids is 1. The summed E-state index contributed by atoms with van der Waals surface area (Å²) in [7, 11) is 0. The lowest BCUT2D eigenvalue weighted by Gasteiger charge is -2.23. The van der Waals surface area contributed by atoms with Crippen molar-refractivity contribution in [3.8, 4) is 0 Å². The molecule has 0 saturated carbocycles. The van der Waals surface area contributed by atoms with E-state index in [4.69, 9.17) is 5.11 Å². The zero-order chi connectivity index (χ0) is 14.0. The maximum atomic E-state index is 11.9. The van der Waals surface area contributed by atoms with Crippen molar-refractivity contribution in [3.05, 3.63) is 29.3 Å². The van der Waals surface area contributed by atoms with Gasteiger partial charge in [0.15, 0.2) is 0 Å². The molecular weight excluding hydrogens is 244 g/mol. The first kappa shape index (κ1) is 13.4. The van der Waals surface area contributed by atoms with Crippen LogP contribution in [0.1, 0.15) is 24.0 Å². The Bertz CT molecular complexity index is 493. The highest BCUT2D eigenvalue weighted by Crippen LogP contribution is 2.25. The molecule has 0 radical (unpaired) electrons. The Kier molecular flexibility index (Phi) is 3.74. The van der Waals surface area contributed by atoms with E-state index in [1.54, 1.807) is 4.90 Å². The highest BCUT2D eigenvalue weighted by Gasteiger charge is 2.32. The second-order valence-electron chi connectivity index (χ2n) is 4.99.